The van der Waals surface area contributed by atoms with Gasteiger partial charge in [0.25, 0.3) is 0 Å². The molecule has 1 aromatic rings. The van der Waals surface area contributed by atoms with E-state index in [1.165, 1.54) is 0 Å². The first-order valence-corrected chi connectivity index (χ1v) is 8.51. The molecular weight excluding hydrogens is 277 g/mol. The maximum Gasteiger partial charge on any atom is 0.149 e. The fourth-order valence-corrected chi connectivity index (χ4v) is 2.09. The van der Waals surface area contributed by atoms with Gasteiger partial charge >= 0.3 is 0 Å². The molecule has 0 bridgehead atoms. The van der Waals surface area contributed by atoms with E-state index >= 15 is 0 Å². The molecule has 0 amide bonds. The molecule has 0 aliphatic carbocycles. The average molecular weight is 309 g/mol. The number of ketones is 1. The van der Waals surface area contributed by atoms with Gasteiger partial charge in [-0.1, -0.05) is 46.2 Å². The first-order valence-electron chi connectivity index (χ1n) is 8.51. The van der Waals surface area contributed by atoms with Crippen molar-refractivity contribution >= 4 is 11.5 Å². The third kappa shape index (κ3) is 8.81. The maximum absolute atomic E-state index is 14.2. The molecule has 2 nitrogen and oxygen atoms in total. The largest absolute Gasteiger partial charge is 0.382 e. The molecule has 0 saturated carbocycles. The summed E-state index contributed by atoms with van der Waals surface area (Å²) in [5.41, 5.74) is 1.36. The van der Waals surface area contributed by atoms with Crippen molar-refractivity contribution in [2.45, 2.75) is 66.7 Å². The van der Waals surface area contributed by atoms with Crippen molar-refractivity contribution in [2.24, 2.45) is 5.92 Å². The summed E-state index contributed by atoms with van der Waals surface area (Å²) in [7, 11) is 0. The molecule has 0 atom stereocenters. The number of halogens is 1. The zero-order valence-corrected chi connectivity index (χ0v) is 14.8. The number of rotatable bonds is 9. The fourth-order valence-electron chi connectivity index (χ4n) is 2.09. The van der Waals surface area contributed by atoms with Crippen LogP contribution in [-0.2, 0) is 11.2 Å². The molecule has 3 heteroatoms. The lowest BCUT2D eigenvalue weighted by Crippen LogP contribution is -2.10. The Kier molecular flexibility index (Phi) is 11.4. The van der Waals surface area contributed by atoms with Crippen molar-refractivity contribution in [1.29, 1.82) is 0 Å². The first-order chi connectivity index (χ1) is 10.5. The molecular formula is C19H32FNO. The van der Waals surface area contributed by atoms with E-state index in [1.807, 2.05) is 26.0 Å². The van der Waals surface area contributed by atoms with Crippen molar-refractivity contribution in [3.05, 3.63) is 29.6 Å². The second kappa shape index (κ2) is 12.2. The summed E-state index contributed by atoms with van der Waals surface area (Å²) in [4.78, 5) is 10.8. The van der Waals surface area contributed by atoms with Gasteiger partial charge in [0.15, 0.2) is 0 Å². The first kappa shape index (κ1) is 20.6. The van der Waals surface area contributed by atoms with Crippen LogP contribution in [0.2, 0.25) is 0 Å². The quantitative estimate of drug-likeness (QED) is 0.600. The van der Waals surface area contributed by atoms with E-state index in [-0.39, 0.29) is 11.6 Å². The van der Waals surface area contributed by atoms with Crippen LogP contribution in [-0.4, -0.2) is 12.3 Å². The Bertz CT molecular complexity index is 429. The number of anilines is 1. The lowest BCUT2D eigenvalue weighted by molar-refractivity contribution is -0.117. The van der Waals surface area contributed by atoms with Gasteiger partial charge in [-0.05, 0) is 43.7 Å². The van der Waals surface area contributed by atoms with Crippen molar-refractivity contribution < 1.29 is 9.18 Å². The number of hydrogen-bond donors (Lipinski definition) is 1. The van der Waals surface area contributed by atoms with Gasteiger partial charge in [-0.25, -0.2) is 4.39 Å². The highest BCUT2D eigenvalue weighted by Gasteiger charge is 2.08. The third-order valence-corrected chi connectivity index (χ3v) is 3.25. The Labute approximate surface area is 135 Å². The molecule has 0 heterocycles. The Morgan fingerprint density at radius 1 is 1.18 bits per heavy atom. The van der Waals surface area contributed by atoms with E-state index in [1.54, 1.807) is 13.0 Å². The predicted molar refractivity (Wildman–Crippen MR) is 93.9 cm³/mol. The van der Waals surface area contributed by atoms with E-state index in [4.69, 9.17) is 0 Å². The van der Waals surface area contributed by atoms with Crippen molar-refractivity contribution in [3.8, 4) is 0 Å². The van der Waals surface area contributed by atoms with Gasteiger partial charge in [0.1, 0.15) is 11.6 Å². The normalized spacial score (nSPS) is 10.1. The van der Waals surface area contributed by atoms with E-state index in [2.05, 4.69) is 19.2 Å². The predicted octanol–water partition coefficient (Wildman–Crippen LogP) is 5.61. The summed E-state index contributed by atoms with van der Waals surface area (Å²) >= 11 is 0. The number of aryl methyl sites for hydroxylation is 1. The van der Waals surface area contributed by atoms with E-state index < -0.39 is 0 Å². The van der Waals surface area contributed by atoms with Crippen LogP contribution >= 0.6 is 0 Å². The number of unbranched alkanes of at least 4 members (excludes halogenated alkanes) is 2. The molecule has 0 aliphatic heterocycles. The molecule has 1 N–H and O–H groups in total. The molecule has 1 rings (SSSR count). The Morgan fingerprint density at radius 2 is 1.86 bits per heavy atom. The molecule has 0 aromatic heterocycles. The lowest BCUT2D eigenvalue weighted by Gasteiger charge is -2.12. The van der Waals surface area contributed by atoms with Gasteiger partial charge in [-0.15, -0.1) is 0 Å². The second-order valence-corrected chi connectivity index (χ2v) is 5.82. The van der Waals surface area contributed by atoms with Crippen LogP contribution in [0.25, 0.3) is 0 Å². The summed E-state index contributed by atoms with van der Waals surface area (Å²) in [6.07, 6.45) is 4.18. The van der Waals surface area contributed by atoms with Crippen LogP contribution in [0.3, 0.4) is 0 Å². The van der Waals surface area contributed by atoms with Gasteiger partial charge in [0.2, 0.25) is 0 Å². The van der Waals surface area contributed by atoms with Gasteiger partial charge < -0.3 is 10.1 Å². The van der Waals surface area contributed by atoms with Gasteiger partial charge in [-0.2, -0.15) is 0 Å². The van der Waals surface area contributed by atoms with E-state index in [9.17, 15) is 9.18 Å². The Hall–Kier alpha value is -1.38. The second-order valence-electron chi connectivity index (χ2n) is 5.82. The fraction of sp³-hybridized carbons (Fsp3) is 0.632. The summed E-state index contributed by atoms with van der Waals surface area (Å²) in [5, 5.41) is 3.15. The monoisotopic (exact) mass is 309 g/mol. The highest BCUT2D eigenvalue weighted by Crippen LogP contribution is 2.20. The minimum atomic E-state index is -0.125. The van der Waals surface area contributed by atoms with Crippen molar-refractivity contribution in [2.75, 3.05) is 11.9 Å². The van der Waals surface area contributed by atoms with Gasteiger partial charge in [-0.3, -0.25) is 0 Å². The van der Waals surface area contributed by atoms with Crippen LogP contribution in [0.15, 0.2) is 18.2 Å². The summed E-state index contributed by atoms with van der Waals surface area (Å²) in [5.74, 6) is 0.598. The molecule has 126 valence electrons. The van der Waals surface area contributed by atoms with Gasteiger partial charge in [0, 0.05) is 13.0 Å². The number of benzene rings is 1. The van der Waals surface area contributed by atoms with Crippen LogP contribution < -0.4 is 5.32 Å². The van der Waals surface area contributed by atoms with Crippen molar-refractivity contribution in [3.63, 3.8) is 0 Å². The zero-order chi connectivity index (χ0) is 17.0. The summed E-state index contributed by atoms with van der Waals surface area (Å²) < 4.78 is 14.2. The van der Waals surface area contributed by atoms with E-state index in [0.717, 1.165) is 37.8 Å². The number of hydrogen-bond acceptors (Lipinski definition) is 2. The van der Waals surface area contributed by atoms with Crippen molar-refractivity contribution in [1.82, 2.24) is 0 Å². The third-order valence-electron chi connectivity index (χ3n) is 3.25. The number of carbonyl (C=O) groups excluding carboxylic acids is 1. The molecule has 0 saturated heterocycles. The molecule has 0 radical (unpaired) electrons. The number of nitrogens with one attached hydrogen (secondary N) is 1. The molecule has 22 heavy (non-hydrogen) atoms. The van der Waals surface area contributed by atoms with Crippen LogP contribution in [0.4, 0.5) is 10.1 Å². The van der Waals surface area contributed by atoms with Crippen LogP contribution in [0.5, 0.6) is 0 Å². The van der Waals surface area contributed by atoms with Crippen LogP contribution in [0, 0.1) is 11.7 Å². The maximum atomic E-state index is 14.2. The standard InChI is InChI=1S/C17H26FNO.C2H6/c1-13(2)12-19-16-11-7-10-15(17(16)18)9-6-4-5-8-14(3)20;1-2/h7,10-11,13,19H,4-6,8-9,12H2,1-3H3;1-2H3. The molecule has 0 unspecified atom stereocenters. The Morgan fingerprint density at radius 3 is 2.45 bits per heavy atom. The van der Waals surface area contributed by atoms with Gasteiger partial charge in [0.05, 0.1) is 5.69 Å². The number of carbonyl (C=O) groups is 1. The SMILES string of the molecule is CC.CC(=O)CCCCCc1cccc(NCC(C)C)c1F. The number of Topliss-reactive ketones (excluding diaryl/α,β-unsaturated/α-hetero) is 1. The lowest BCUT2D eigenvalue weighted by atomic mass is 10.0. The summed E-state index contributed by atoms with van der Waals surface area (Å²) in [6.45, 7) is 10.6. The minimum Gasteiger partial charge on any atom is -0.382 e. The Balaban J connectivity index is 0.00000211. The van der Waals surface area contributed by atoms with Crippen LogP contribution in [0.1, 0.15) is 65.9 Å². The molecule has 0 aliphatic rings. The molecule has 0 spiro atoms. The topological polar surface area (TPSA) is 29.1 Å². The summed E-state index contributed by atoms with van der Waals surface area (Å²) in [6, 6.07) is 5.54. The highest BCUT2D eigenvalue weighted by molar-refractivity contribution is 5.75. The highest BCUT2D eigenvalue weighted by atomic mass is 19.1. The minimum absolute atomic E-state index is 0.125. The molecule has 1 aromatic carbocycles. The average Bonchev–Trinajstić information content (AvgIpc) is 2.49. The smallest absolute Gasteiger partial charge is 0.149 e. The zero-order valence-electron chi connectivity index (χ0n) is 14.8. The van der Waals surface area contributed by atoms with E-state index in [0.29, 0.717) is 18.0 Å². The molecule has 0 fully saturated rings.